The van der Waals surface area contributed by atoms with Crippen molar-refractivity contribution in [1.82, 2.24) is 9.91 Å². The molecule has 0 N–H and O–H groups in total. The first-order chi connectivity index (χ1) is 14.6. The smallest absolute Gasteiger partial charge is 0.253 e. The lowest BCUT2D eigenvalue weighted by molar-refractivity contribution is -0.130. The van der Waals surface area contributed by atoms with E-state index >= 15 is 0 Å². The van der Waals surface area contributed by atoms with Crippen LogP contribution in [0.5, 0.6) is 0 Å². The first-order valence-electron chi connectivity index (χ1n) is 10.6. The van der Waals surface area contributed by atoms with Crippen LogP contribution in [0.4, 0.5) is 0 Å². The van der Waals surface area contributed by atoms with Crippen molar-refractivity contribution in [2.75, 3.05) is 18.8 Å². The molecule has 0 aliphatic carbocycles. The van der Waals surface area contributed by atoms with E-state index in [0.29, 0.717) is 12.2 Å². The number of thioether (sulfide) groups is 1. The van der Waals surface area contributed by atoms with Gasteiger partial charge in [-0.05, 0) is 24.0 Å². The minimum absolute atomic E-state index is 0.00455. The average Bonchev–Trinajstić information content (AvgIpc) is 3.24. The van der Waals surface area contributed by atoms with Crippen LogP contribution in [-0.4, -0.2) is 44.7 Å². The first kappa shape index (κ1) is 22.5. The van der Waals surface area contributed by atoms with E-state index in [1.165, 1.54) is 11.8 Å². The van der Waals surface area contributed by atoms with Gasteiger partial charge in [-0.25, -0.2) is 5.01 Å². The van der Waals surface area contributed by atoms with Crippen LogP contribution in [0.15, 0.2) is 65.8 Å². The summed E-state index contributed by atoms with van der Waals surface area (Å²) in [5, 5.41) is 6.41. The molecular formula is C24H29N3OS2. The normalized spacial score (nSPS) is 15.7. The molecule has 0 saturated heterocycles. The molecule has 1 aliphatic heterocycles. The summed E-state index contributed by atoms with van der Waals surface area (Å²) in [5.41, 5.74) is 3.12. The Labute approximate surface area is 189 Å². The Morgan fingerprint density at radius 2 is 1.67 bits per heavy atom. The Hall–Kier alpha value is -2.18. The van der Waals surface area contributed by atoms with Gasteiger partial charge in [0, 0.05) is 19.5 Å². The predicted molar refractivity (Wildman–Crippen MR) is 131 cm³/mol. The topological polar surface area (TPSA) is 35.9 Å². The number of thiocarbonyl (C=S) groups is 1. The second-order valence-electron chi connectivity index (χ2n) is 7.32. The van der Waals surface area contributed by atoms with E-state index < -0.39 is 0 Å². The van der Waals surface area contributed by atoms with Gasteiger partial charge in [0.15, 0.2) is 0 Å². The Kier molecular flexibility index (Phi) is 8.46. The van der Waals surface area contributed by atoms with E-state index in [0.717, 1.165) is 47.1 Å². The molecule has 2 aromatic rings. The van der Waals surface area contributed by atoms with Gasteiger partial charge in [0.25, 0.3) is 5.91 Å². The third kappa shape index (κ3) is 5.70. The van der Waals surface area contributed by atoms with Crippen LogP contribution >= 0.6 is 24.0 Å². The van der Waals surface area contributed by atoms with Crippen molar-refractivity contribution in [3.05, 3.63) is 71.8 Å². The fourth-order valence-corrected chi connectivity index (χ4v) is 4.70. The molecule has 30 heavy (non-hydrogen) atoms. The van der Waals surface area contributed by atoms with Crippen molar-refractivity contribution >= 4 is 39.9 Å². The van der Waals surface area contributed by atoms with Gasteiger partial charge in [0.2, 0.25) is 0 Å². The van der Waals surface area contributed by atoms with Crippen LogP contribution < -0.4 is 0 Å². The van der Waals surface area contributed by atoms with E-state index in [1.807, 2.05) is 48.5 Å². The van der Waals surface area contributed by atoms with Gasteiger partial charge in [-0.15, -0.1) is 0 Å². The molecule has 6 heteroatoms. The largest absolute Gasteiger partial charge is 0.358 e. The number of hydrogen-bond acceptors (Lipinski definition) is 4. The van der Waals surface area contributed by atoms with E-state index in [2.05, 4.69) is 30.9 Å². The monoisotopic (exact) mass is 439 g/mol. The third-order valence-corrected chi connectivity index (χ3v) is 6.53. The third-order valence-electron chi connectivity index (χ3n) is 5.02. The molecule has 1 aliphatic rings. The number of nitrogens with zero attached hydrogens (tertiary/aromatic N) is 3. The number of carbonyl (C=O) groups is 1. The number of carbonyl (C=O) groups excluding carboxylic acids is 1. The Balaban J connectivity index is 1.74. The van der Waals surface area contributed by atoms with Gasteiger partial charge >= 0.3 is 0 Å². The summed E-state index contributed by atoms with van der Waals surface area (Å²) in [4.78, 5) is 15.4. The van der Waals surface area contributed by atoms with Crippen molar-refractivity contribution in [2.45, 2.75) is 39.2 Å². The van der Waals surface area contributed by atoms with Gasteiger partial charge in [-0.1, -0.05) is 98.5 Å². The van der Waals surface area contributed by atoms with Crippen LogP contribution in [-0.2, 0) is 4.79 Å². The maximum absolute atomic E-state index is 13.2. The highest BCUT2D eigenvalue weighted by molar-refractivity contribution is 8.23. The van der Waals surface area contributed by atoms with E-state index in [9.17, 15) is 4.79 Å². The molecule has 0 aromatic heterocycles. The average molecular weight is 440 g/mol. The molecule has 1 heterocycles. The quantitative estimate of drug-likeness (QED) is 0.509. The number of hydrazone groups is 1. The molecule has 0 bridgehead atoms. The van der Waals surface area contributed by atoms with Crippen LogP contribution in [0.1, 0.15) is 50.3 Å². The lowest BCUT2D eigenvalue weighted by Crippen LogP contribution is -2.32. The van der Waals surface area contributed by atoms with E-state index in [1.54, 1.807) is 5.01 Å². The summed E-state index contributed by atoms with van der Waals surface area (Å²) in [7, 11) is 0. The molecular weight excluding hydrogens is 410 g/mol. The van der Waals surface area contributed by atoms with Crippen molar-refractivity contribution in [3.63, 3.8) is 0 Å². The van der Waals surface area contributed by atoms with E-state index in [4.69, 9.17) is 17.3 Å². The van der Waals surface area contributed by atoms with Crippen LogP contribution in [0, 0.1) is 0 Å². The van der Waals surface area contributed by atoms with Gasteiger partial charge < -0.3 is 4.90 Å². The van der Waals surface area contributed by atoms with Crippen molar-refractivity contribution in [2.24, 2.45) is 5.10 Å². The van der Waals surface area contributed by atoms with Gasteiger partial charge in [0.05, 0.1) is 17.5 Å². The molecule has 4 nitrogen and oxygen atoms in total. The fraction of sp³-hybridized carbons (Fsp3) is 0.375. The van der Waals surface area contributed by atoms with Gasteiger partial charge in [-0.3, -0.25) is 4.79 Å². The molecule has 0 spiro atoms. The standard InChI is InChI=1S/C24H29N3OS2/c1-3-15-26(16-4-2)24(29)30-18-23(28)27-22(20-13-9-6-10-14-20)17-21(25-27)19-11-7-5-8-12-19/h5-14,22H,3-4,15-18H2,1-2H3. The highest BCUT2D eigenvalue weighted by Gasteiger charge is 2.33. The molecule has 1 amide bonds. The summed E-state index contributed by atoms with van der Waals surface area (Å²) < 4.78 is 0.801. The fourth-order valence-electron chi connectivity index (χ4n) is 3.60. The van der Waals surface area contributed by atoms with Crippen LogP contribution in [0.25, 0.3) is 0 Å². The SMILES string of the molecule is CCCN(CCC)C(=S)SCC(=O)N1N=C(c2ccccc2)CC1c1ccccc1. The zero-order valence-electron chi connectivity index (χ0n) is 17.7. The molecule has 2 aromatic carbocycles. The Morgan fingerprint density at radius 1 is 1.07 bits per heavy atom. The predicted octanol–water partition coefficient (Wildman–Crippen LogP) is 5.50. The van der Waals surface area contributed by atoms with Crippen molar-refractivity contribution < 1.29 is 4.79 Å². The molecule has 1 atom stereocenters. The lowest BCUT2D eigenvalue weighted by Gasteiger charge is -2.25. The van der Waals surface area contributed by atoms with E-state index in [-0.39, 0.29) is 11.9 Å². The second kappa shape index (κ2) is 11.3. The maximum Gasteiger partial charge on any atom is 0.253 e. The molecule has 3 rings (SSSR count). The maximum atomic E-state index is 13.2. The number of benzene rings is 2. The zero-order valence-corrected chi connectivity index (χ0v) is 19.3. The second-order valence-corrected chi connectivity index (χ2v) is 8.93. The molecule has 0 radical (unpaired) electrons. The minimum atomic E-state index is -0.0783. The summed E-state index contributed by atoms with van der Waals surface area (Å²) >= 11 is 7.05. The van der Waals surface area contributed by atoms with Crippen molar-refractivity contribution in [3.8, 4) is 0 Å². The highest BCUT2D eigenvalue weighted by atomic mass is 32.2. The summed E-state index contributed by atoms with van der Waals surface area (Å²) in [6.45, 7) is 6.16. The summed E-state index contributed by atoms with van der Waals surface area (Å²) in [5.74, 6) is 0.299. The van der Waals surface area contributed by atoms with Gasteiger partial charge in [0.1, 0.15) is 4.32 Å². The lowest BCUT2D eigenvalue weighted by atomic mass is 9.98. The van der Waals surface area contributed by atoms with Crippen LogP contribution in [0.3, 0.4) is 0 Å². The highest BCUT2D eigenvalue weighted by Crippen LogP contribution is 2.33. The zero-order chi connectivity index (χ0) is 21.3. The molecule has 1 unspecified atom stereocenters. The number of rotatable bonds is 8. The summed E-state index contributed by atoms with van der Waals surface area (Å²) in [6.07, 6.45) is 2.80. The molecule has 0 fully saturated rings. The van der Waals surface area contributed by atoms with Crippen molar-refractivity contribution in [1.29, 1.82) is 0 Å². The number of hydrogen-bond donors (Lipinski definition) is 0. The summed E-state index contributed by atoms with van der Waals surface area (Å²) in [6, 6.07) is 20.2. The minimum Gasteiger partial charge on any atom is -0.358 e. The Bertz CT molecular complexity index is 865. The van der Waals surface area contributed by atoms with Gasteiger partial charge in [-0.2, -0.15) is 5.10 Å². The first-order valence-corrected chi connectivity index (χ1v) is 11.9. The Morgan fingerprint density at radius 3 is 2.27 bits per heavy atom. The molecule has 158 valence electrons. The van der Waals surface area contributed by atoms with Crippen LogP contribution in [0.2, 0.25) is 0 Å². The number of amides is 1. The molecule has 0 saturated carbocycles.